The Morgan fingerprint density at radius 1 is 1.85 bits per heavy atom. The highest BCUT2D eigenvalue weighted by Gasteiger charge is 2.00. The van der Waals surface area contributed by atoms with Crippen molar-refractivity contribution in [3.05, 3.63) is 11.1 Å². The molecule has 1 rings (SSSR count). The largest absolute Gasteiger partial charge is 0.479 e. The molecule has 0 aliphatic carbocycles. The average molecular weight is 202 g/mol. The molecule has 1 aromatic rings. The lowest BCUT2D eigenvalue weighted by molar-refractivity contribution is -0.141. The first-order chi connectivity index (χ1) is 6.22. The summed E-state index contributed by atoms with van der Waals surface area (Å²) in [5.41, 5.74) is 3.42. The number of aryl methyl sites for hydroxylation is 1. The van der Waals surface area contributed by atoms with Crippen molar-refractivity contribution in [2.75, 3.05) is 12.1 Å². The van der Waals surface area contributed by atoms with E-state index < -0.39 is 5.97 Å². The summed E-state index contributed by atoms with van der Waals surface area (Å²) in [6.07, 6.45) is 0.858. The van der Waals surface area contributed by atoms with Crippen LogP contribution in [0.15, 0.2) is 5.38 Å². The molecular formula is C7H10N2O3S. The van der Waals surface area contributed by atoms with Crippen molar-refractivity contribution in [3.8, 4) is 0 Å². The molecule has 0 aromatic carbocycles. The topological polar surface area (TPSA) is 71.5 Å². The van der Waals surface area contributed by atoms with E-state index in [0.717, 1.165) is 12.1 Å². The molecule has 0 saturated heterocycles. The Hall–Kier alpha value is -1.14. The lowest BCUT2D eigenvalue weighted by Gasteiger charge is -1.98. The second-order valence-electron chi connectivity index (χ2n) is 2.28. The number of anilines is 1. The molecule has 0 bridgehead atoms. The van der Waals surface area contributed by atoms with E-state index in [9.17, 15) is 4.79 Å². The monoisotopic (exact) mass is 202 g/mol. The van der Waals surface area contributed by atoms with E-state index in [2.05, 4.69) is 15.3 Å². The average Bonchev–Trinajstić information content (AvgIpc) is 2.52. The number of aromatic nitrogens is 1. The maximum Gasteiger partial charge on any atom is 0.332 e. The van der Waals surface area contributed by atoms with Gasteiger partial charge in [-0.2, -0.15) is 0 Å². The number of carboxylic acids is 1. The Balaban J connectivity index is 2.32. The molecular weight excluding hydrogens is 192 g/mol. The summed E-state index contributed by atoms with van der Waals surface area (Å²) in [4.78, 5) is 18.8. The van der Waals surface area contributed by atoms with Crippen LogP contribution in [0.25, 0.3) is 0 Å². The molecule has 72 valence electrons. The molecule has 0 saturated carbocycles. The SMILES string of the molecule is CCc1csc(NOCC(=O)O)n1. The third-order valence-corrected chi connectivity index (χ3v) is 2.06. The minimum Gasteiger partial charge on any atom is -0.479 e. The number of aliphatic carboxylic acids is 1. The lowest BCUT2D eigenvalue weighted by Crippen LogP contribution is -2.11. The van der Waals surface area contributed by atoms with Gasteiger partial charge in [-0.05, 0) is 6.42 Å². The van der Waals surface area contributed by atoms with Crippen LogP contribution in [0.2, 0.25) is 0 Å². The number of rotatable bonds is 5. The first-order valence-corrected chi connectivity index (χ1v) is 4.64. The molecule has 13 heavy (non-hydrogen) atoms. The number of thiazole rings is 1. The smallest absolute Gasteiger partial charge is 0.332 e. The van der Waals surface area contributed by atoms with Gasteiger partial charge in [0.2, 0.25) is 5.13 Å². The Bertz CT molecular complexity index is 287. The number of nitrogens with zero attached hydrogens (tertiary/aromatic N) is 1. The maximum atomic E-state index is 10.1. The minimum absolute atomic E-state index is 0.374. The minimum atomic E-state index is -1.01. The third-order valence-electron chi connectivity index (χ3n) is 1.27. The number of nitrogens with one attached hydrogen (secondary N) is 1. The zero-order valence-electron chi connectivity index (χ0n) is 7.11. The van der Waals surface area contributed by atoms with Crippen LogP contribution in [0.4, 0.5) is 5.13 Å². The van der Waals surface area contributed by atoms with Gasteiger partial charge in [-0.3, -0.25) is 4.84 Å². The number of carbonyl (C=O) groups is 1. The summed E-state index contributed by atoms with van der Waals surface area (Å²) in [5.74, 6) is -1.01. The number of hydrogen-bond acceptors (Lipinski definition) is 5. The van der Waals surface area contributed by atoms with Gasteiger partial charge in [-0.15, -0.1) is 11.3 Å². The van der Waals surface area contributed by atoms with Crippen molar-refractivity contribution in [2.24, 2.45) is 0 Å². The highest BCUT2D eigenvalue weighted by molar-refractivity contribution is 7.13. The number of carboxylic acid groups (broad SMARTS) is 1. The van der Waals surface area contributed by atoms with Gasteiger partial charge >= 0.3 is 5.97 Å². The van der Waals surface area contributed by atoms with Crippen molar-refractivity contribution in [1.29, 1.82) is 0 Å². The molecule has 0 unspecified atom stereocenters. The zero-order valence-corrected chi connectivity index (χ0v) is 7.93. The van der Waals surface area contributed by atoms with E-state index in [-0.39, 0.29) is 6.61 Å². The quantitative estimate of drug-likeness (QED) is 0.700. The van der Waals surface area contributed by atoms with Gasteiger partial charge < -0.3 is 5.11 Å². The van der Waals surface area contributed by atoms with E-state index in [0.29, 0.717) is 5.13 Å². The van der Waals surface area contributed by atoms with E-state index in [1.165, 1.54) is 11.3 Å². The molecule has 0 amide bonds. The van der Waals surface area contributed by atoms with E-state index in [4.69, 9.17) is 5.11 Å². The van der Waals surface area contributed by atoms with Crippen LogP contribution < -0.4 is 5.48 Å². The molecule has 1 heterocycles. The van der Waals surface area contributed by atoms with Crippen LogP contribution in [-0.4, -0.2) is 22.7 Å². The normalized spacial score (nSPS) is 9.92. The summed E-state index contributed by atoms with van der Waals surface area (Å²) < 4.78 is 0. The highest BCUT2D eigenvalue weighted by Crippen LogP contribution is 2.15. The van der Waals surface area contributed by atoms with Crippen LogP contribution in [0.1, 0.15) is 12.6 Å². The fourth-order valence-corrected chi connectivity index (χ4v) is 1.42. The van der Waals surface area contributed by atoms with Crippen molar-refractivity contribution >= 4 is 22.4 Å². The summed E-state index contributed by atoms with van der Waals surface area (Å²) in [6, 6.07) is 0. The first kappa shape index (κ1) is 9.94. The van der Waals surface area contributed by atoms with Gasteiger partial charge in [0.05, 0.1) is 5.69 Å². The van der Waals surface area contributed by atoms with Crippen LogP contribution in [0, 0.1) is 0 Å². The maximum absolute atomic E-state index is 10.1. The molecule has 0 aliphatic rings. The van der Waals surface area contributed by atoms with Crippen molar-refractivity contribution in [1.82, 2.24) is 4.98 Å². The summed E-state index contributed by atoms with van der Waals surface area (Å²) in [5, 5.41) is 10.7. The number of hydrogen-bond donors (Lipinski definition) is 2. The standard InChI is InChI=1S/C7H10N2O3S/c1-2-5-4-13-7(8-5)9-12-3-6(10)11/h4H,2-3H2,1H3,(H,8,9)(H,10,11). The molecule has 5 nitrogen and oxygen atoms in total. The Kier molecular flexibility index (Phi) is 3.66. The van der Waals surface area contributed by atoms with Crippen molar-refractivity contribution in [3.63, 3.8) is 0 Å². The molecule has 0 aliphatic heterocycles. The second-order valence-corrected chi connectivity index (χ2v) is 3.14. The lowest BCUT2D eigenvalue weighted by atomic mass is 10.4. The van der Waals surface area contributed by atoms with Crippen molar-refractivity contribution in [2.45, 2.75) is 13.3 Å². The second kappa shape index (κ2) is 4.78. The predicted octanol–water partition coefficient (Wildman–Crippen LogP) is 1.13. The zero-order chi connectivity index (χ0) is 9.68. The molecule has 2 N–H and O–H groups in total. The van der Waals surface area contributed by atoms with E-state index in [1.807, 2.05) is 12.3 Å². The van der Waals surface area contributed by atoms with E-state index >= 15 is 0 Å². The Labute approximate surface area is 79.3 Å². The van der Waals surface area contributed by atoms with Gasteiger partial charge in [0.15, 0.2) is 6.61 Å². The van der Waals surface area contributed by atoms with Gasteiger partial charge in [-0.1, -0.05) is 6.92 Å². The van der Waals surface area contributed by atoms with Gasteiger partial charge in [-0.25, -0.2) is 15.3 Å². The Morgan fingerprint density at radius 2 is 2.62 bits per heavy atom. The van der Waals surface area contributed by atoms with Crippen LogP contribution in [0.3, 0.4) is 0 Å². The Morgan fingerprint density at radius 3 is 3.15 bits per heavy atom. The van der Waals surface area contributed by atoms with Crippen molar-refractivity contribution < 1.29 is 14.7 Å². The van der Waals surface area contributed by atoms with Gasteiger partial charge in [0.1, 0.15) is 0 Å². The molecule has 0 spiro atoms. The highest BCUT2D eigenvalue weighted by atomic mass is 32.1. The summed E-state index contributed by atoms with van der Waals surface area (Å²) in [6.45, 7) is 1.62. The van der Waals surface area contributed by atoms with Gasteiger partial charge in [0.25, 0.3) is 0 Å². The summed E-state index contributed by atoms with van der Waals surface area (Å²) in [7, 11) is 0. The van der Waals surface area contributed by atoms with Crippen LogP contribution >= 0.6 is 11.3 Å². The van der Waals surface area contributed by atoms with Crippen LogP contribution in [0.5, 0.6) is 0 Å². The van der Waals surface area contributed by atoms with Gasteiger partial charge in [0, 0.05) is 5.38 Å². The molecule has 0 radical (unpaired) electrons. The summed E-state index contributed by atoms with van der Waals surface area (Å²) >= 11 is 1.39. The van der Waals surface area contributed by atoms with Crippen LogP contribution in [-0.2, 0) is 16.1 Å². The fraction of sp³-hybridized carbons (Fsp3) is 0.429. The van der Waals surface area contributed by atoms with E-state index in [1.54, 1.807) is 0 Å². The third kappa shape index (κ3) is 3.39. The fourth-order valence-electron chi connectivity index (χ4n) is 0.676. The molecule has 1 aromatic heterocycles. The molecule has 0 fully saturated rings. The predicted molar refractivity (Wildman–Crippen MR) is 48.7 cm³/mol. The molecule has 6 heteroatoms. The first-order valence-electron chi connectivity index (χ1n) is 3.76. The molecule has 0 atom stereocenters.